The Hall–Kier alpha value is -1.34. The van der Waals surface area contributed by atoms with E-state index in [4.69, 9.17) is 0 Å². The molecule has 1 nitrogen and oxygen atoms in total. The standard InChI is InChI=1S/C16H23N.C2H6/c1-5-15(10-11-17-4)8-9-16-12-13(2)6-7-14(16)3;1-2/h6-9,12,17H,3,5,10-11H2,1-2,4H3;1-2H3/b15-8+,16-9-;. The van der Waals surface area contributed by atoms with Crippen LogP contribution in [0.3, 0.4) is 0 Å². The van der Waals surface area contributed by atoms with Gasteiger partial charge in [-0.2, -0.15) is 0 Å². The number of rotatable bonds is 5. The van der Waals surface area contributed by atoms with Crippen LogP contribution in [0.5, 0.6) is 0 Å². The van der Waals surface area contributed by atoms with Crippen LogP contribution < -0.4 is 15.8 Å². The molecule has 0 saturated heterocycles. The van der Waals surface area contributed by atoms with Crippen LogP contribution in [0.25, 0.3) is 12.7 Å². The Bertz CT molecular complexity index is 483. The van der Waals surface area contributed by atoms with E-state index in [1.165, 1.54) is 16.4 Å². The molecule has 0 aliphatic rings. The Balaban J connectivity index is 0.00000154. The zero-order chi connectivity index (χ0) is 14.7. The zero-order valence-electron chi connectivity index (χ0n) is 13.2. The van der Waals surface area contributed by atoms with Gasteiger partial charge in [0.15, 0.2) is 0 Å². The van der Waals surface area contributed by atoms with Crippen molar-refractivity contribution in [3.8, 4) is 0 Å². The molecule has 106 valence electrons. The first kappa shape index (κ1) is 17.7. The van der Waals surface area contributed by atoms with Crippen LogP contribution in [0.15, 0.2) is 29.8 Å². The summed E-state index contributed by atoms with van der Waals surface area (Å²) in [6, 6.07) is 6.36. The number of aryl methyl sites for hydroxylation is 1. The number of allylic oxidation sites excluding steroid dienone is 1. The Morgan fingerprint density at radius 2 is 2.00 bits per heavy atom. The number of hydrogen-bond acceptors (Lipinski definition) is 1. The third kappa shape index (κ3) is 6.97. The van der Waals surface area contributed by atoms with Crippen LogP contribution in [0, 0.1) is 6.92 Å². The van der Waals surface area contributed by atoms with E-state index in [1.54, 1.807) is 0 Å². The fourth-order valence-corrected chi connectivity index (χ4v) is 1.74. The van der Waals surface area contributed by atoms with Crippen molar-refractivity contribution in [2.75, 3.05) is 13.6 Å². The van der Waals surface area contributed by atoms with Crippen LogP contribution in [0.2, 0.25) is 0 Å². The van der Waals surface area contributed by atoms with Gasteiger partial charge in [-0.1, -0.05) is 68.8 Å². The third-order valence-electron chi connectivity index (χ3n) is 2.95. The predicted molar refractivity (Wildman–Crippen MR) is 88.7 cm³/mol. The zero-order valence-corrected chi connectivity index (χ0v) is 13.2. The molecule has 1 rings (SSSR count). The van der Waals surface area contributed by atoms with Gasteiger partial charge >= 0.3 is 0 Å². The highest BCUT2D eigenvalue weighted by molar-refractivity contribution is 5.41. The maximum atomic E-state index is 4.05. The molecule has 0 aliphatic heterocycles. The number of benzene rings is 1. The quantitative estimate of drug-likeness (QED) is 0.856. The molecule has 0 amide bonds. The van der Waals surface area contributed by atoms with Crippen molar-refractivity contribution < 1.29 is 0 Å². The highest BCUT2D eigenvalue weighted by Crippen LogP contribution is 2.05. The van der Waals surface area contributed by atoms with Crippen LogP contribution in [0.4, 0.5) is 0 Å². The van der Waals surface area contributed by atoms with Crippen molar-refractivity contribution in [3.63, 3.8) is 0 Å². The SMILES string of the molecule is C=c1ccc(C)c/c1=C/C=C(\CC)CCNC.CC. The summed E-state index contributed by atoms with van der Waals surface area (Å²) in [5.74, 6) is 0. The summed E-state index contributed by atoms with van der Waals surface area (Å²) >= 11 is 0. The predicted octanol–water partition coefficient (Wildman–Crippen LogP) is 3.16. The molecule has 19 heavy (non-hydrogen) atoms. The van der Waals surface area contributed by atoms with Gasteiger partial charge in [0.2, 0.25) is 0 Å². The first-order valence-corrected chi connectivity index (χ1v) is 7.27. The molecule has 0 bridgehead atoms. The normalized spacial score (nSPS) is 12.1. The van der Waals surface area contributed by atoms with E-state index in [1.807, 2.05) is 20.9 Å². The summed E-state index contributed by atoms with van der Waals surface area (Å²) in [6.07, 6.45) is 6.64. The molecule has 0 aromatic heterocycles. The van der Waals surface area contributed by atoms with E-state index in [9.17, 15) is 0 Å². The number of hydrogen-bond donors (Lipinski definition) is 1. The average Bonchev–Trinajstić information content (AvgIpc) is 2.45. The fraction of sp³-hybridized carbons (Fsp3) is 0.444. The molecule has 0 aliphatic carbocycles. The Labute approximate surface area is 118 Å². The van der Waals surface area contributed by atoms with Crippen LogP contribution in [0.1, 0.15) is 39.2 Å². The van der Waals surface area contributed by atoms with E-state index in [2.05, 4.69) is 56.1 Å². The van der Waals surface area contributed by atoms with Gasteiger partial charge in [0.1, 0.15) is 0 Å². The third-order valence-corrected chi connectivity index (χ3v) is 2.95. The van der Waals surface area contributed by atoms with Gasteiger partial charge in [-0.3, -0.25) is 0 Å². The number of nitrogens with one attached hydrogen (secondary N) is 1. The van der Waals surface area contributed by atoms with Crippen LogP contribution >= 0.6 is 0 Å². The van der Waals surface area contributed by atoms with E-state index in [-0.39, 0.29) is 0 Å². The molecule has 1 heteroatoms. The minimum Gasteiger partial charge on any atom is -0.319 e. The van der Waals surface area contributed by atoms with E-state index < -0.39 is 0 Å². The van der Waals surface area contributed by atoms with Crippen molar-refractivity contribution in [2.45, 2.75) is 40.5 Å². The summed E-state index contributed by atoms with van der Waals surface area (Å²) in [6.45, 7) is 13.4. The molecule has 1 aromatic rings. The lowest BCUT2D eigenvalue weighted by molar-refractivity contribution is 0.768. The summed E-state index contributed by atoms with van der Waals surface area (Å²) in [5, 5.41) is 5.50. The lowest BCUT2D eigenvalue weighted by Crippen LogP contribution is -2.22. The molecule has 1 aromatic carbocycles. The monoisotopic (exact) mass is 259 g/mol. The van der Waals surface area contributed by atoms with Crippen molar-refractivity contribution in [3.05, 3.63) is 45.8 Å². The molecular weight excluding hydrogens is 230 g/mol. The van der Waals surface area contributed by atoms with Crippen molar-refractivity contribution in [1.82, 2.24) is 5.32 Å². The molecule has 1 N–H and O–H groups in total. The van der Waals surface area contributed by atoms with Gasteiger partial charge in [0, 0.05) is 0 Å². The van der Waals surface area contributed by atoms with Crippen molar-refractivity contribution >= 4 is 12.7 Å². The molecular formula is C18H29N. The van der Waals surface area contributed by atoms with E-state index in [0.29, 0.717) is 0 Å². The molecule has 0 radical (unpaired) electrons. The van der Waals surface area contributed by atoms with Gasteiger partial charge < -0.3 is 5.32 Å². The second-order valence-corrected chi connectivity index (χ2v) is 4.40. The van der Waals surface area contributed by atoms with Crippen LogP contribution in [-0.2, 0) is 0 Å². The van der Waals surface area contributed by atoms with Gasteiger partial charge in [-0.25, -0.2) is 0 Å². The maximum absolute atomic E-state index is 4.05. The van der Waals surface area contributed by atoms with Crippen molar-refractivity contribution in [2.24, 2.45) is 0 Å². The Morgan fingerprint density at radius 3 is 2.58 bits per heavy atom. The first-order valence-electron chi connectivity index (χ1n) is 7.27. The van der Waals surface area contributed by atoms with Gasteiger partial charge in [0.05, 0.1) is 0 Å². The highest BCUT2D eigenvalue weighted by Gasteiger charge is 1.91. The Kier molecular flexibility index (Phi) is 9.82. The lowest BCUT2D eigenvalue weighted by Gasteiger charge is -2.02. The molecule has 0 saturated carbocycles. The smallest absolute Gasteiger partial charge is 0.00145 e. The van der Waals surface area contributed by atoms with Gasteiger partial charge in [-0.05, 0) is 43.8 Å². The summed E-state index contributed by atoms with van der Waals surface area (Å²) in [4.78, 5) is 0. The summed E-state index contributed by atoms with van der Waals surface area (Å²) in [7, 11) is 1.99. The van der Waals surface area contributed by atoms with Crippen molar-refractivity contribution in [1.29, 1.82) is 0 Å². The minimum atomic E-state index is 1.04. The lowest BCUT2D eigenvalue weighted by atomic mass is 10.1. The summed E-state index contributed by atoms with van der Waals surface area (Å²) in [5.41, 5.74) is 2.76. The van der Waals surface area contributed by atoms with Gasteiger partial charge in [0.25, 0.3) is 0 Å². The molecule has 0 heterocycles. The highest BCUT2D eigenvalue weighted by atomic mass is 14.8. The molecule has 0 fully saturated rings. The fourth-order valence-electron chi connectivity index (χ4n) is 1.74. The van der Waals surface area contributed by atoms with Crippen LogP contribution in [-0.4, -0.2) is 13.6 Å². The average molecular weight is 259 g/mol. The molecule has 0 atom stereocenters. The first-order chi connectivity index (χ1) is 9.17. The molecule has 0 unspecified atom stereocenters. The maximum Gasteiger partial charge on any atom is -0.00145 e. The van der Waals surface area contributed by atoms with Gasteiger partial charge in [-0.15, -0.1) is 0 Å². The second-order valence-electron chi connectivity index (χ2n) is 4.40. The van der Waals surface area contributed by atoms with E-state index in [0.717, 1.165) is 24.6 Å². The Morgan fingerprint density at radius 1 is 1.32 bits per heavy atom. The molecule has 0 spiro atoms. The van der Waals surface area contributed by atoms with E-state index >= 15 is 0 Å². The minimum absolute atomic E-state index is 1.04. The largest absolute Gasteiger partial charge is 0.319 e. The topological polar surface area (TPSA) is 12.0 Å². The second kappa shape index (κ2) is 10.6. The summed E-state index contributed by atoms with van der Waals surface area (Å²) < 4.78 is 0.